The van der Waals surface area contributed by atoms with Crippen LogP contribution in [0.4, 0.5) is 0 Å². The molecule has 5 nitrogen and oxygen atoms in total. The van der Waals surface area contributed by atoms with Crippen molar-refractivity contribution in [1.82, 2.24) is 19.6 Å². The molecular formula is C7H5ClN4O. The number of carbonyl (C=O) groups excluding carboxylic acids is 1. The summed E-state index contributed by atoms with van der Waals surface area (Å²) >= 11 is 5.67. The fraction of sp³-hybridized carbons (Fsp3) is 0.143. The molecule has 2 rings (SSSR count). The maximum absolute atomic E-state index is 10.9. The van der Waals surface area contributed by atoms with Gasteiger partial charge in [0.25, 0.3) is 5.78 Å². The number of aromatic nitrogens is 4. The summed E-state index contributed by atoms with van der Waals surface area (Å²) in [4.78, 5) is 18.7. The van der Waals surface area contributed by atoms with Crippen molar-refractivity contribution in [3.63, 3.8) is 0 Å². The Labute approximate surface area is 78.4 Å². The zero-order valence-electron chi connectivity index (χ0n) is 6.73. The van der Waals surface area contributed by atoms with Crippen molar-refractivity contribution in [3.05, 3.63) is 23.2 Å². The van der Waals surface area contributed by atoms with E-state index in [2.05, 4.69) is 15.1 Å². The lowest BCUT2D eigenvalue weighted by molar-refractivity contribution is 0.100. The normalized spacial score (nSPS) is 10.6. The molecule has 0 spiro atoms. The summed E-state index contributed by atoms with van der Waals surface area (Å²) in [6, 6.07) is 0. The summed E-state index contributed by atoms with van der Waals surface area (Å²) < 4.78 is 1.37. The molecule has 0 aliphatic carbocycles. The number of hydrogen-bond donors (Lipinski definition) is 0. The third-order valence-corrected chi connectivity index (χ3v) is 1.67. The molecule has 66 valence electrons. The molecule has 0 aliphatic rings. The number of nitrogens with zero attached hydrogens (tertiary/aromatic N) is 4. The Balaban J connectivity index is 2.68. The molecule has 0 aliphatic heterocycles. The molecule has 2 heterocycles. The molecule has 13 heavy (non-hydrogen) atoms. The Morgan fingerprint density at radius 1 is 1.62 bits per heavy atom. The zero-order valence-corrected chi connectivity index (χ0v) is 7.49. The summed E-state index contributed by atoms with van der Waals surface area (Å²) in [6.07, 6.45) is 3.00. The first kappa shape index (κ1) is 8.12. The van der Waals surface area contributed by atoms with Crippen molar-refractivity contribution in [3.8, 4) is 0 Å². The SMILES string of the molecule is CC(=O)c1nc2ncc(Cl)cn2n1. The lowest BCUT2D eigenvalue weighted by Crippen LogP contribution is -1.95. The van der Waals surface area contributed by atoms with Crippen molar-refractivity contribution in [2.75, 3.05) is 0 Å². The van der Waals surface area contributed by atoms with Gasteiger partial charge in [-0.25, -0.2) is 9.50 Å². The summed E-state index contributed by atoms with van der Waals surface area (Å²) in [5.41, 5.74) is 0. The van der Waals surface area contributed by atoms with Crippen LogP contribution in [0.15, 0.2) is 12.4 Å². The third-order valence-electron chi connectivity index (χ3n) is 1.48. The summed E-state index contributed by atoms with van der Waals surface area (Å²) in [7, 11) is 0. The molecule has 0 fully saturated rings. The lowest BCUT2D eigenvalue weighted by Gasteiger charge is -1.88. The monoisotopic (exact) mass is 196 g/mol. The molecule has 0 saturated carbocycles. The van der Waals surface area contributed by atoms with Crippen LogP contribution in [0, 0.1) is 0 Å². The molecule has 0 atom stereocenters. The third kappa shape index (κ3) is 1.38. The van der Waals surface area contributed by atoms with Gasteiger partial charge < -0.3 is 0 Å². The number of ketones is 1. The second-order valence-electron chi connectivity index (χ2n) is 2.51. The minimum absolute atomic E-state index is 0.148. The summed E-state index contributed by atoms with van der Waals surface area (Å²) in [6.45, 7) is 1.40. The number of hydrogen-bond acceptors (Lipinski definition) is 4. The molecule has 0 N–H and O–H groups in total. The Kier molecular flexibility index (Phi) is 1.73. The molecule has 0 radical (unpaired) electrons. The minimum Gasteiger partial charge on any atom is -0.291 e. The number of halogens is 1. The van der Waals surface area contributed by atoms with E-state index in [1.807, 2.05) is 0 Å². The Bertz CT molecular complexity index is 478. The average molecular weight is 197 g/mol. The van der Waals surface area contributed by atoms with Gasteiger partial charge in [-0.15, -0.1) is 5.10 Å². The highest BCUT2D eigenvalue weighted by atomic mass is 35.5. The van der Waals surface area contributed by atoms with Crippen molar-refractivity contribution in [2.45, 2.75) is 6.92 Å². The first-order chi connectivity index (χ1) is 6.16. The molecule has 0 amide bonds. The molecule has 6 heteroatoms. The van der Waals surface area contributed by atoms with E-state index in [0.29, 0.717) is 10.8 Å². The average Bonchev–Trinajstić information content (AvgIpc) is 2.46. The molecule has 0 unspecified atom stereocenters. The van der Waals surface area contributed by atoms with Crippen LogP contribution < -0.4 is 0 Å². The molecule has 2 aromatic heterocycles. The first-order valence-electron chi connectivity index (χ1n) is 3.55. The van der Waals surface area contributed by atoms with E-state index in [-0.39, 0.29) is 11.6 Å². The largest absolute Gasteiger partial charge is 0.291 e. The molecule has 2 aromatic rings. The highest BCUT2D eigenvalue weighted by Crippen LogP contribution is 2.06. The molecule has 0 aromatic carbocycles. The van der Waals surface area contributed by atoms with Crippen LogP contribution >= 0.6 is 11.6 Å². The fourth-order valence-electron chi connectivity index (χ4n) is 0.908. The lowest BCUT2D eigenvalue weighted by atomic mass is 10.4. The van der Waals surface area contributed by atoms with Crippen molar-refractivity contribution in [1.29, 1.82) is 0 Å². The van der Waals surface area contributed by atoms with Crippen LogP contribution in [0.1, 0.15) is 17.5 Å². The van der Waals surface area contributed by atoms with Crippen molar-refractivity contribution in [2.24, 2.45) is 0 Å². The van der Waals surface area contributed by atoms with Crippen LogP contribution in [0.25, 0.3) is 5.78 Å². The quantitative estimate of drug-likeness (QED) is 0.638. The van der Waals surface area contributed by atoms with E-state index in [1.165, 1.54) is 17.6 Å². The maximum Gasteiger partial charge on any atom is 0.252 e. The van der Waals surface area contributed by atoms with Gasteiger partial charge in [0.15, 0.2) is 5.78 Å². The number of carbonyl (C=O) groups is 1. The maximum atomic E-state index is 10.9. The van der Waals surface area contributed by atoms with Gasteiger partial charge in [-0.1, -0.05) is 11.6 Å². The van der Waals surface area contributed by atoms with Gasteiger partial charge in [0.1, 0.15) is 0 Å². The molecular weight excluding hydrogens is 192 g/mol. The molecule has 0 saturated heterocycles. The van der Waals surface area contributed by atoms with Crippen molar-refractivity contribution < 1.29 is 4.79 Å². The van der Waals surface area contributed by atoms with E-state index in [9.17, 15) is 4.79 Å². The zero-order chi connectivity index (χ0) is 9.42. The predicted molar refractivity (Wildman–Crippen MR) is 45.8 cm³/mol. The second kappa shape index (κ2) is 2.77. The van der Waals surface area contributed by atoms with Crippen LogP contribution in [0.2, 0.25) is 5.02 Å². The van der Waals surface area contributed by atoms with Gasteiger partial charge >= 0.3 is 0 Å². The minimum atomic E-state index is -0.193. The van der Waals surface area contributed by atoms with Gasteiger partial charge in [0.2, 0.25) is 5.82 Å². The second-order valence-corrected chi connectivity index (χ2v) is 2.94. The molecule has 0 bridgehead atoms. The van der Waals surface area contributed by atoms with E-state index >= 15 is 0 Å². The van der Waals surface area contributed by atoms with E-state index in [4.69, 9.17) is 11.6 Å². The number of rotatable bonds is 1. The Morgan fingerprint density at radius 2 is 2.38 bits per heavy atom. The standard InChI is InChI=1S/C7H5ClN4O/c1-4(13)6-10-7-9-2-5(8)3-12(7)11-6/h2-3H,1H3. The van der Waals surface area contributed by atoms with E-state index < -0.39 is 0 Å². The van der Waals surface area contributed by atoms with Gasteiger partial charge in [0, 0.05) is 6.92 Å². The first-order valence-corrected chi connectivity index (χ1v) is 3.93. The summed E-state index contributed by atoms with van der Waals surface area (Å²) in [5.74, 6) is 0.325. The smallest absolute Gasteiger partial charge is 0.252 e. The number of fused-ring (bicyclic) bond motifs is 1. The van der Waals surface area contributed by atoms with Crippen LogP contribution in [0.3, 0.4) is 0 Å². The van der Waals surface area contributed by atoms with Gasteiger partial charge in [-0.2, -0.15) is 4.98 Å². The van der Waals surface area contributed by atoms with Gasteiger partial charge in [-0.3, -0.25) is 4.79 Å². The van der Waals surface area contributed by atoms with E-state index in [1.54, 1.807) is 6.20 Å². The van der Waals surface area contributed by atoms with Crippen LogP contribution in [-0.4, -0.2) is 25.4 Å². The Morgan fingerprint density at radius 3 is 3.08 bits per heavy atom. The van der Waals surface area contributed by atoms with Crippen molar-refractivity contribution >= 4 is 23.2 Å². The van der Waals surface area contributed by atoms with Gasteiger partial charge in [0.05, 0.1) is 17.4 Å². The predicted octanol–water partition coefficient (Wildman–Crippen LogP) is 0.980. The highest BCUT2D eigenvalue weighted by Gasteiger charge is 2.08. The fourth-order valence-corrected chi connectivity index (χ4v) is 1.05. The van der Waals surface area contributed by atoms with Crippen LogP contribution in [-0.2, 0) is 0 Å². The highest BCUT2D eigenvalue weighted by molar-refractivity contribution is 6.30. The topological polar surface area (TPSA) is 60.2 Å². The Hall–Kier alpha value is -1.49. The summed E-state index contributed by atoms with van der Waals surface area (Å²) in [5, 5.41) is 4.33. The van der Waals surface area contributed by atoms with Crippen LogP contribution in [0.5, 0.6) is 0 Å². The number of Topliss-reactive ketones (excluding diaryl/α,β-unsaturated/α-hetero) is 1. The van der Waals surface area contributed by atoms with Gasteiger partial charge in [-0.05, 0) is 0 Å². The van der Waals surface area contributed by atoms with E-state index in [0.717, 1.165) is 0 Å².